The summed E-state index contributed by atoms with van der Waals surface area (Å²) in [4.78, 5) is 12.1. The zero-order valence-corrected chi connectivity index (χ0v) is 14.3. The summed E-state index contributed by atoms with van der Waals surface area (Å²) >= 11 is 0. The van der Waals surface area contributed by atoms with E-state index in [0.29, 0.717) is 18.9 Å². The number of esters is 1. The summed E-state index contributed by atoms with van der Waals surface area (Å²) in [5, 5.41) is 0. The molecule has 25 heavy (non-hydrogen) atoms. The van der Waals surface area contributed by atoms with Gasteiger partial charge < -0.3 is 9.47 Å². The lowest BCUT2D eigenvalue weighted by molar-refractivity contribution is -0.155. The molecule has 0 aromatic heterocycles. The van der Waals surface area contributed by atoms with Gasteiger partial charge in [0.05, 0.1) is 6.61 Å². The first kappa shape index (κ1) is 19.7. The molecule has 0 saturated carbocycles. The lowest BCUT2D eigenvalue weighted by Gasteiger charge is -2.27. The van der Waals surface area contributed by atoms with E-state index >= 15 is 0 Å². The number of carbonyl (C=O) groups excluding carboxylic acids is 1. The molecular weight excluding hydrogens is 340 g/mol. The minimum absolute atomic E-state index is 0.0801. The molecule has 1 aromatic carbocycles. The van der Waals surface area contributed by atoms with E-state index in [4.69, 9.17) is 9.47 Å². The summed E-state index contributed by atoms with van der Waals surface area (Å²) in [6, 6.07) is 2.19. The largest absolute Gasteiger partial charge is 0.424 e. The monoisotopic (exact) mass is 362 g/mol. The maximum absolute atomic E-state index is 14.1. The lowest BCUT2D eigenvalue weighted by atomic mass is 9.94. The van der Waals surface area contributed by atoms with E-state index in [0.717, 1.165) is 25.3 Å². The highest BCUT2D eigenvalue weighted by Gasteiger charge is 2.40. The molecule has 1 fully saturated rings. The number of aryl methyl sites for hydroxylation is 1. The van der Waals surface area contributed by atoms with E-state index < -0.39 is 35.4 Å². The summed E-state index contributed by atoms with van der Waals surface area (Å²) in [7, 11) is 0. The number of benzene rings is 1. The number of carbonyl (C=O) groups is 1. The molecule has 0 N–H and O–H groups in total. The van der Waals surface area contributed by atoms with Gasteiger partial charge in [0.2, 0.25) is 0 Å². The van der Waals surface area contributed by atoms with Crippen LogP contribution < -0.4 is 4.74 Å². The van der Waals surface area contributed by atoms with E-state index in [1.54, 1.807) is 6.92 Å². The first-order valence-electron chi connectivity index (χ1n) is 8.49. The van der Waals surface area contributed by atoms with Crippen LogP contribution in [-0.4, -0.2) is 18.7 Å². The number of ether oxygens (including phenoxy) is 2. The maximum Gasteiger partial charge on any atom is 0.422 e. The Kier molecular flexibility index (Phi) is 6.43. The van der Waals surface area contributed by atoms with Gasteiger partial charge in [-0.05, 0) is 43.2 Å². The first-order chi connectivity index (χ1) is 11.8. The Morgan fingerprint density at radius 2 is 2.00 bits per heavy atom. The third-order valence-corrected chi connectivity index (χ3v) is 4.39. The van der Waals surface area contributed by atoms with Crippen LogP contribution in [0.2, 0.25) is 0 Å². The van der Waals surface area contributed by atoms with Crippen molar-refractivity contribution in [1.82, 2.24) is 0 Å². The lowest BCUT2D eigenvalue weighted by Crippen LogP contribution is -2.35. The average Bonchev–Trinajstić information content (AvgIpc) is 2.54. The number of halogens is 4. The summed E-state index contributed by atoms with van der Waals surface area (Å²) < 4.78 is 64.0. The van der Waals surface area contributed by atoms with Gasteiger partial charge in [-0.15, -0.1) is 0 Å². The van der Waals surface area contributed by atoms with Crippen LogP contribution in [0.1, 0.15) is 50.7 Å². The minimum atomic E-state index is -4.95. The fourth-order valence-electron chi connectivity index (χ4n) is 3.03. The van der Waals surface area contributed by atoms with Crippen LogP contribution >= 0.6 is 0 Å². The van der Waals surface area contributed by atoms with Crippen molar-refractivity contribution < 1.29 is 31.8 Å². The number of alkyl halides is 3. The summed E-state index contributed by atoms with van der Waals surface area (Å²) in [6.07, 6.45) is -2.64. The van der Waals surface area contributed by atoms with Gasteiger partial charge in [0.25, 0.3) is 0 Å². The van der Waals surface area contributed by atoms with Gasteiger partial charge in [0.15, 0.2) is 6.10 Å². The average molecular weight is 362 g/mol. The molecule has 140 valence electrons. The summed E-state index contributed by atoms with van der Waals surface area (Å²) in [5.41, 5.74) is -1.62. The number of hydrogen-bond donors (Lipinski definition) is 0. The molecule has 0 amide bonds. The predicted octanol–water partition coefficient (Wildman–Crippen LogP) is 4.91. The van der Waals surface area contributed by atoms with Crippen molar-refractivity contribution in [3.63, 3.8) is 0 Å². The molecule has 1 aliphatic rings. The third-order valence-electron chi connectivity index (χ3n) is 4.39. The minimum Gasteiger partial charge on any atom is -0.424 e. The second kappa shape index (κ2) is 8.17. The van der Waals surface area contributed by atoms with Crippen LogP contribution in [0.15, 0.2) is 12.1 Å². The van der Waals surface area contributed by atoms with Crippen molar-refractivity contribution in [3.05, 3.63) is 29.1 Å². The first-order valence-corrected chi connectivity index (χ1v) is 8.49. The molecule has 2 atom stereocenters. The SMILES string of the molecule is CCCC1CCC(C(=O)Oc2ccc(CC)c(F)c2C(F)(F)F)OC1. The van der Waals surface area contributed by atoms with Crippen molar-refractivity contribution >= 4 is 5.97 Å². The Labute approximate surface area is 144 Å². The van der Waals surface area contributed by atoms with Crippen LogP contribution in [0, 0.1) is 11.7 Å². The molecule has 2 rings (SSSR count). The molecule has 0 spiro atoms. The highest BCUT2D eigenvalue weighted by molar-refractivity contribution is 5.77. The Bertz CT molecular complexity index is 605. The molecular formula is C18H22F4O3. The Morgan fingerprint density at radius 1 is 1.28 bits per heavy atom. The van der Waals surface area contributed by atoms with Crippen molar-refractivity contribution in [2.45, 2.75) is 58.2 Å². The van der Waals surface area contributed by atoms with Crippen molar-refractivity contribution in [2.75, 3.05) is 6.61 Å². The predicted molar refractivity (Wildman–Crippen MR) is 83.8 cm³/mol. The Morgan fingerprint density at radius 3 is 2.52 bits per heavy atom. The second-order valence-electron chi connectivity index (χ2n) is 6.24. The highest BCUT2D eigenvalue weighted by Crippen LogP contribution is 2.39. The third kappa shape index (κ3) is 4.71. The van der Waals surface area contributed by atoms with Gasteiger partial charge in [0.1, 0.15) is 17.1 Å². The van der Waals surface area contributed by atoms with Crippen LogP contribution in [0.3, 0.4) is 0 Å². The summed E-state index contributed by atoms with van der Waals surface area (Å²) in [6.45, 7) is 3.98. The van der Waals surface area contributed by atoms with Crippen molar-refractivity contribution in [3.8, 4) is 5.75 Å². The zero-order valence-electron chi connectivity index (χ0n) is 14.3. The number of hydrogen-bond acceptors (Lipinski definition) is 3. The van der Waals surface area contributed by atoms with E-state index in [-0.39, 0.29) is 12.0 Å². The maximum atomic E-state index is 14.1. The molecule has 1 saturated heterocycles. The van der Waals surface area contributed by atoms with E-state index in [1.165, 1.54) is 6.07 Å². The van der Waals surface area contributed by atoms with Crippen LogP contribution in [0.25, 0.3) is 0 Å². The highest BCUT2D eigenvalue weighted by atomic mass is 19.4. The van der Waals surface area contributed by atoms with Crippen LogP contribution in [-0.2, 0) is 22.1 Å². The van der Waals surface area contributed by atoms with E-state index in [9.17, 15) is 22.4 Å². The van der Waals surface area contributed by atoms with Gasteiger partial charge in [-0.3, -0.25) is 0 Å². The van der Waals surface area contributed by atoms with Crippen LogP contribution in [0.5, 0.6) is 5.75 Å². The quantitative estimate of drug-likeness (QED) is 0.424. The van der Waals surface area contributed by atoms with Crippen molar-refractivity contribution in [1.29, 1.82) is 0 Å². The van der Waals surface area contributed by atoms with E-state index in [1.807, 2.05) is 6.92 Å². The zero-order chi connectivity index (χ0) is 18.6. The summed E-state index contributed by atoms with van der Waals surface area (Å²) in [5.74, 6) is -2.77. The van der Waals surface area contributed by atoms with Crippen LogP contribution in [0.4, 0.5) is 17.6 Å². The van der Waals surface area contributed by atoms with Gasteiger partial charge in [-0.1, -0.05) is 26.3 Å². The van der Waals surface area contributed by atoms with Gasteiger partial charge in [-0.2, -0.15) is 13.2 Å². The fourth-order valence-corrected chi connectivity index (χ4v) is 3.03. The Hall–Kier alpha value is -1.63. The Balaban J connectivity index is 2.15. The molecule has 0 bridgehead atoms. The molecule has 0 aliphatic carbocycles. The topological polar surface area (TPSA) is 35.5 Å². The normalized spacial score (nSPS) is 21.2. The van der Waals surface area contributed by atoms with Crippen molar-refractivity contribution in [2.24, 2.45) is 5.92 Å². The smallest absolute Gasteiger partial charge is 0.422 e. The number of rotatable bonds is 5. The molecule has 0 radical (unpaired) electrons. The standard InChI is InChI=1S/C18H22F4O3/c1-3-5-11-6-8-14(24-10-11)17(23)25-13-9-7-12(4-2)16(19)15(13)18(20,21)22/h7,9,11,14H,3-6,8,10H2,1-2H3. The fraction of sp³-hybridized carbons (Fsp3) is 0.611. The molecule has 3 nitrogen and oxygen atoms in total. The van der Waals surface area contributed by atoms with Gasteiger partial charge in [0, 0.05) is 0 Å². The van der Waals surface area contributed by atoms with Gasteiger partial charge >= 0.3 is 12.1 Å². The van der Waals surface area contributed by atoms with Gasteiger partial charge in [-0.25, -0.2) is 9.18 Å². The molecule has 1 aliphatic heterocycles. The second-order valence-corrected chi connectivity index (χ2v) is 6.24. The molecule has 1 heterocycles. The molecule has 7 heteroatoms. The van der Waals surface area contributed by atoms with E-state index in [2.05, 4.69) is 0 Å². The molecule has 1 aromatic rings. The molecule has 2 unspecified atom stereocenters.